The van der Waals surface area contributed by atoms with Crippen LogP contribution in [-0.2, 0) is 0 Å². The normalized spacial score (nSPS) is 14.2. The van der Waals surface area contributed by atoms with Crippen LogP contribution < -0.4 is 9.64 Å². The molecule has 1 aromatic rings. The van der Waals surface area contributed by atoms with E-state index in [9.17, 15) is 5.11 Å². The zero-order valence-corrected chi connectivity index (χ0v) is 13.6. The molecule has 0 aliphatic carbocycles. The number of hydrogen-bond donors (Lipinski definition) is 1. The molecular formula is C16H28N2O2. The molecule has 0 amide bonds. The Bertz CT molecular complexity index is 419. The largest absolute Gasteiger partial charge is 0.496 e. The lowest BCUT2D eigenvalue weighted by Crippen LogP contribution is -2.40. The summed E-state index contributed by atoms with van der Waals surface area (Å²) >= 11 is 0. The molecule has 1 aromatic carbocycles. The summed E-state index contributed by atoms with van der Waals surface area (Å²) in [5.41, 5.74) is 1.92. The molecule has 4 heteroatoms. The van der Waals surface area contributed by atoms with Crippen molar-refractivity contribution in [1.29, 1.82) is 0 Å². The van der Waals surface area contributed by atoms with E-state index in [1.165, 1.54) is 0 Å². The zero-order valence-electron chi connectivity index (χ0n) is 13.6. The van der Waals surface area contributed by atoms with Gasteiger partial charge in [0.05, 0.1) is 13.2 Å². The van der Waals surface area contributed by atoms with Crippen LogP contribution in [-0.4, -0.2) is 50.3 Å². The van der Waals surface area contributed by atoms with Gasteiger partial charge in [0.1, 0.15) is 5.75 Å². The highest BCUT2D eigenvalue weighted by Gasteiger charge is 2.21. The van der Waals surface area contributed by atoms with Crippen molar-refractivity contribution in [1.82, 2.24) is 4.90 Å². The minimum Gasteiger partial charge on any atom is -0.496 e. The minimum absolute atomic E-state index is 0.361. The molecule has 0 aromatic heterocycles. The average Bonchev–Trinajstić information content (AvgIpc) is 2.37. The van der Waals surface area contributed by atoms with Crippen LogP contribution in [0.15, 0.2) is 18.2 Å². The van der Waals surface area contributed by atoms with Crippen molar-refractivity contribution in [2.75, 3.05) is 39.2 Å². The fourth-order valence-electron chi connectivity index (χ4n) is 2.73. The van der Waals surface area contributed by atoms with Gasteiger partial charge in [0.2, 0.25) is 0 Å². The molecule has 0 saturated heterocycles. The number of hydrogen-bond acceptors (Lipinski definition) is 4. The molecule has 114 valence electrons. The van der Waals surface area contributed by atoms with Gasteiger partial charge in [-0.3, -0.25) is 0 Å². The predicted octanol–water partition coefficient (Wildman–Crippen LogP) is 2.52. The van der Waals surface area contributed by atoms with E-state index in [0.29, 0.717) is 6.04 Å². The molecule has 0 aliphatic heterocycles. The Kier molecular flexibility index (Phi) is 6.30. The number of aliphatic hydroxyl groups is 1. The number of benzene rings is 1. The summed E-state index contributed by atoms with van der Waals surface area (Å²) in [6, 6.07) is 6.29. The van der Waals surface area contributed by atoms with E-state index < -0.39 is 6.10 Å². The minimum atomic E-state index is -0.554. The van der Waals surface area contributed by atoms with Gasteiger partial charge in [0.15, 0.2) is 0 Å². The highest BCUT2D eigenvalue weighted by molar-refractivity contribution is 5.61. The highest BCUT2D eigenvalue weighted by atomic mass is 16.5. The van der Waals surface area contributed by atoms with Crippen molar-refractivity contribution in [3.8, 4) is 5.75 Å². The maximum absolute atomic E-state index is 10.1. The lowest BCUT2D eigenvalue weighted by atomic mass is 10.0. The summed E-state index contributed by atoms with van der Waals surface area (Å²) < 4.78 is 5.41. The van der Waals surface area contributed by atoms with Crippen molar-refractivity contribution in [2.24, 2.45) is 0 Å². The number of anilines is 1. The molecule has 1 N–H and O–H groups in total. The highest BCUT2D eigenvalue weighted by Crippen LogP contribution is 2.35. The first kappa shape index (κ1) is 16.8. The van der Waals surface area contributed by atoms with Crippen LogP contribution in [0.5, 0.6) is 5.75 Å². The number of likely N-dealkylation sites (N-methyl/N-ethyl adjacent to an activating group) is 2. The fourth-order valence-corrected chi connectivity index (χ4v) is 2.73. The van der Waals surface area contributed by atoms with Crippen LogP contribution in [0.4, 0.5) is 5.69 Å². The maximum Gasteiger partial charge on any atom is 0.126 e. The van der Waals surface area contributed by atoms with Crippen molar-refractivity contribution in [3.63, 3.8) is 0 Å². The van der Waals surface area contributed by atoms with E-state index in [2.05, 4.69) is 43.8 Å². The van der Waals surface area contributed by atoms with E-state index in [1.54, 1.807) is 14.0 Å². The maximum atomic E-state index is 10.1. The monoisotopic (exact) mass is 280 g/mol. The molecule has 4 nitrogen and oxygen atoms in total. The van der Waals surface area contributed by atoms with Crippen molar-refractivity contribution in [3.05, 3.63) is 23.8 Å². The summed E-state index contributed by atoms with van der Waals surface area (Å²) in [5.74, 6) is 0.744. The van der Waals surface area contributed by atoms with Gasteiger partial charge in [-0.05, 0) is 47.0 Å². The smallest absolute Gasteiger partial charge is 0.126 e. The molecule has 0 spiro atoms. The van der Waals surface area contributed by atoms with E-state index in [4.69, 9.17) is 4.74 Å². The Labute approximate surface area is 123 Å². The lowest BCUT2D eigenvalue weighted by Gasteiger charge is -2.34. The van der Waals surface area contributed by atoms with Gasteiger partial charge in [0, 0.05) is 30.4 Å². The van der Waals surface area contributed by atoms with Crippen LogP contribution in [0.1, 0.15) is 32.4 Å². The Balaban J connectivity index is 3.21. The van der Waals surface area contributed by atoms with E-state index in [0.717, 1.165) is 30.1 Å². The third-order valence-electron chi connectivity index (χ3n) is 3.49. The quantitative estimate of drug-likeness (QED) is 0.832. The van der Waals surface area contributed by atoms with Gasteiger partial charge in [-0.25, -0.2) is 0 Å². The zero-order chi connectivity index (χ0) is 15.3. The third-order valence-corrected chi connectivity index (χ3v) is 3.49. The molecule has 0 aliphatic rings. The van der Waals surface area contributed by atoms with Crippen LogP contribution in [0.2, 0.25) is 0 Å². The molecule has 0 bridgehead atoms. The van der Waals surface area contributed by atoms with Gasteiger partial charge in [0.25, 0.3) is 0 Å². The summed E-state index contributed by atoms with van der Waals surface area (Å²) in [4.78, 5) is 4.49. The molecule has 1 rings (SSSR count). The second kappa shape index (κ2) is 7.50. The van der Waals surface area contributed by atoms with E-state index in [1.807, 2.05) is 12.1 Å². The van der Waals surface area contributed by atoms with Crippen molar-refractivity contribution >= 4 is 5.69 Å². The second-order valence-corrected chi connectivity index (χ2v) is 5.47. The molecule has 0 saturated carbocycles. The first-order chi connectivity index (χ1) is 9.42. The number of rotatable bonds is 7. The van der Waals surface area contributed by atoms with Gasteiger partial charge in [-0.15, -0.1) is 0 Å². The topological polar surface area (TPSA) is 35.9 Å². The van der Waals surface area contributed by atoms with Gasteiger partial charge >= 0.3 is 0 Å². The summed E-state index contributed by atoms with van der Waals surface area (Å²) in [6.45, 7) is 7.98. The number of aliphatic hydroxyl groups excluding tert-OH is 1. The summed E-state index contributed by atoms with van der Waals surface area (Å²) in [5, 5.41) is 10.1. The van der Waals surface area contributed by atoms with Crippen molar-refractivity contribution < 1.29 is 9.84 Å². The summed E-state index contributed by atoms with van der Waals surface area (Å²) in [7, 11) is 5.79. The first-order valence-electron chi connectivity index (χ1n) is 7.18. The molecule has 2 unspecified atom stereocenters. The predicted molar refractivity (Wildman–Crippen MR) is 84.7 cm³/mol. The number of ether oxygens (including phenoxy) is 1. The van der Waals surface area contributed by atoms with Crippen LogP contribution in [0.3, 0.4) is 0 Å². The molecular weight excluding hydrogens is 252 g/mol. The Morgan fingerprint density at radius 3 is 2.35 bits per heavy atom. The SMILES string of the molecule is CCN(c1cccc(OC)c1C(C)O)C(C)CN(C)C. The first-order valence-corrected chi connectivity index (χ1v) is 7.18. The number of methoxy groups -OCH3 is 1. The number of nitrogens with zero attached hydrogens (tertiary/aromatic N) is 2. The third kappa shape index (κ3) is 3.87. The van der Waals surface area contributed by atoms with Crippen LogP contribution >= 0.6 is 0 Å². The molecule has 20 heavy (non-hydrogen) atoms. The molecule has 2 atom stereocenters. The van der Waals surface area contributed by atoms with Gasteiger partial charge in [-0.1, -0.05) is 6.07 Å². The van der Waals surface area contributed by atoms with E-state index >= 15 is 0 Å². The lowest BCUT2D eigenvalue weighted by molar-refractivity contribution is 0.194. The van der Waals surface area contributed by atoms with Gasteiger partial charge < -0.3 is 19.6 Å². The second-order valence-electron chi connectivity index (χ2n) is 5.47. The van der Waals surface area contributed by atoms with Gasteiger partial charge in [-0.2, -0.15) is 0 Å². The summed E-state index contributed by atoms with van der Waals surface area (Å²) in [6.07, 6.45) is -0.554. The van der Waals surface area contributed by atoms with Crippen LogP contribution in [0, 0.1) is 0 Å². The average molecular weight is 280 g/mol. The van der Waals surface area contributed by atoms with Crippen LogP contribution in [0.25, 0.3) is 0 Å². The van der Waals surface area contributed by atoms with E-state index in [-0.39, 0.29) is 0 Å². The Morgan fingerprint density at radius 2 is 1.90 bits per heavy atom. The molecule has 0 fully saturated rings. The Morgan fingerprint density at radius 1 is 1.25 bits per heavy atom. The molecule has 0 radical (unpaired) electrons. The van der Waals surface area contributed by atoms with Crippen molar-refractivity contribution in [2.45, 2.75) is 32.9 Å². The standard InChI is InChI=1S/C16H28N2O2/c1-7-18(12(2)11-17(4)5)14-9-8-10-15(20-6)16(14)13(3)19/h8-10,12-13,19H,7,11H2,1-6H3. The molecule has 0 heterocycles. The Hall–Kier alpha value is -1.26. The fraction of sp³-hybridized carbons (Fsp3) is 0.625.